The van der Waals surface area contributed by atoms with Gasteiger partial charge >= 0.3 is 25.8 Å². The second kappa shape index (κ2) is 4.39. The summed E-state index contributed by atoms with van der Waals surface area (Å²) >= 11 is 0. The van der Waals surface area contributed by atoms with E-state index in [2.05, 4.69) is 0 Å². The molecule has 0 atom stereocenters. The topological polar surface area (TPSA) is 147 Å². The van der Waals surface area contributed by atoms with Gasteiger partial charge in [0, 0.05) is 0 Å². The molecule has 0 aromatic rings. The van der Waals surface area contributed by atoms with Crippen molar-refractivity contribution in [3.05, 3.63) is 0 Å². The van der Waals surface area contributed by atoms with Crippen molar-refractivity contribution in [3.8, 4) is 0 Å². The van der Waals surface area contributed by atoms with Crippen LogP contribution in [-0.2, 0) is 35.0 Å². The first-order chi connectivity index (χ1) is 4.15. The van der Waals surface area contributed by atoms with Gasteiger partial charge in [0.25, 0.3) is 0 Å². The van der Waals surface area contributed by atoms with Gasteiger partial charge in [0.05, 0.1) is 0 Å². The van der Waals surface area contributed by atoms with Crippen LogP contribution in [0.1, 0.15) is 0 Å². The molecule has 0 aliphatic rings. The Kier molecular flexibility index (Phi) is 5.84. The first kappa shape index (κ1) is 14.6. The van der Waals surface area contributed by atoms with Crippen LogP contribution in [0, 0.1) is 0 Å². The standard InChI is InChI=1S/CH6O7P2.Hf/c2-1(9(3,4)5)10(6,7)8;/h1-2H,(H2,3,4,5)(H2,6,7,8);/q;+4/p-4. The summed E-state index contributed by atoms with van der Waals surface area (Å²) in [5, 5.41) is 7.95. The fourth-order valence-electron chi connectivity index (χ4n) is 0.173. The maximum absolute atomic E-state index is 9.63. The largest absolute Gasteiger partial charge is 4.00 e. The van der Waals surface area contributed by atoms with Crippen LogP contribution in [0.3, 0.4) is 0 Å². The average Bonchev–Trinajstić information content (AvgIpc) is 1.59. The molecule has 0 fully saturated rings. The number of hydrogen-bond acceptors (Lipinski definition) is 7. The minimum Gasteiger partial charge on any atom is -0.809 e. The average molecular weight is 366 g/mol. The monoisotopic (exact) mass is 368 g/mol. The van der Waals surface area contributed by atoms with Crippen molar-refractivity contribution in [2.75, 3.05) is 0 Å². The molecule has 10 heteroatoms. The zero-order valence-corrected chi connectivity index (χ0v) is 10.3. The number of hydrogen-bond donors (Lipinski definition) is 1. The van der Waals surface area contributed by atoms with Crippen molar-refractivity contribution in [1.29, 1.82) is 0 Å². The molecule has 0 unspecified atom stereocenters. The van der Waals surface area contributed by atoms with Crippen LogP contribution in [0.15, 0.2) is 0 Å². The molecule has 0 bridgehead atoms. The second-order valence-electron chi connectivity index (χ2n) is 1.43. The molecule has 0 rings (SSSR count). The van der Waals surface area contributed by atoms with Gasteiger partial charge in [-0.05, 0) is 15.2 Å². The van der Waals surface area contributed by atoms with Gasteiger partial charge in [-0.15, -0.1) is 0 Å². The molecular formula is CH2HfO7P2. The third kappa shape index (κ3) is 5.38. The third-order valence-electron chi connectivity index (χ3n) is 0.566. The van der Waals surface area contributed by atoms with Crippen molar-refractivity contribution >= 4 is 15.2 Å². The maximum atomic E-state index is 9.63. The van der Waals surface area contributed by atoms with Gasteiger partial charge in [-0.2, -0.15) is 0 Å². The van der Waals surface area contributed by atoms with Crippen molar-refractivity contribution in [1.82, 2.24) is 0 Å². The van der Waals surface area contributed by atoms with Crippen LogP contribution in [-0.4, -0.2) is 10.7 Å². The van der Waals surface area contributed by atoms with Crippen molar-refractivity contribution < 1.29 is 59.7 Å². The van der Waals surface area contributed by atoms with E-state index in [1.807, 2.05) is 0 Å². The van der Waals surface area contributed by atoms with E-state index in [1.54, 1.807) is 0 Å². The molecule has 0 aromatic carbocycles. The summed E-state index contributed by atoms with van der Waals surface area (Å²) in [6.45, 7) is 0. The minimum atomic E-state index is -5.71. The molecule has 0 aliphatic heterocycles. The molecule has 1 N–H and O–H groups in total. The van der Waals surface area contributed by atoms with Crippen LogP contribution in [0.5, 0.6) is 0 Å². The number of aliphatic hydroxyl groups excluding tert-OH is 1. The summed E-state index contributed by atoms with van der Waals surface area (Å²) in [6, 6.07) is 0. The SMILES string of the molecule is O=P([O-])([O-])C(O)P(=O)([O-])[O-].[Hf+4]. The Morgan fingerprint density at radius 3 is 1.18 bits per heavy atom. The molecule has 0 spiro atoms. The van der Waals surface area contributed by atoms with Gasteiger partial charge in [-0.1, -0.05) is 0 Å². The first-order valence-electron chi connectivity index (χ1n) is 1.87. The van der Waals surface area contributed by atoms with Crippen molar-refractivity contribution in [2.24, 2.45) is 0 Å². The molecule has 0 heterocycles. The molecule has 0 aliphatic carbocycles. The van der Waals surface area contributed by atoms with Gasteiger partial charge in [-0.25, -0.2) is 0 Å². The fourth-order valence-corrected chi connectivity index (χ4v) is 1.56. The first-order valence-corrected chi connectivity index (χ1v) is 5.09. The Hall–Kier alpha value is 1.13. The predicted octanol–water partition coefficient (Wildman–Crippen LogP) is -3.91. The van der Waals surface area contributed by atoms with Crippen LogP contribution < -0.4 is 19.6 Å². The summed E-state index contributed by atoms with van der Waals surface area (Å²) in [7, 11) is -11.4. The summed E-state index contributed by atoms with van der Waals surface area (Å²) in [5.41, 5.74) is -3.35. The van der Waals surface area contributed by atoms with E-state index in [0.717, 1.165) is 0 Å². The Morgan fingerprint density at radius 1 is 1.00 bits per heavy atom. The van der Waals surface area contributed by atoms with Crippen LogP contribution in [0.25, 0.3) is 0 Å². The zero-order chi connectivity index (χ0) is 8.58. The van der Waals surface area contributed by atoms with Gasteiger partial charge in [-0.3, -0.25) is 0 Å². The minimum absolute atomic E-state index is 0. The molecule has 7 nitrogen and oxygen atoms in total. The van der Waals surface area contributed by atoms with E-state index >= 15 is 0 Å². The van der Waals surface area contributed by atoms with E-state index < -0.39 is 20.8 Å². The zero-order valence-electron chi connectivity index (χ0n) is 4.87. The van der Waals surface area contributed by atoms with E-state index in [-0.39, 0.29) is 25.8 Å². The quantitative estimate of drug-likeness (QED) is 0.388. The van der Waals surface area contributed by atoms with E-state index in [9.17, 15) is 28.7 Å². The van der Waals surface area contributed by atoms with Crippen LogP contribution >= 0.6 is 15.2 Å². The molecule has 0 amide bonds. The second-order valence-corrected chi connectivity index (χ2v) is 4.97. The van der Waals surface area contributed by atoms with Gasteiger partial charge in [0.1, 0.15) is 5.59 Å². The summed E-state index contributed by atoms with van der Waals surface area (Å²) < 4.78 is 19.3. The van der Waals surface area contributed by atoms with Gasteiger partial charge in [0.2, 0.25) is 0 Å². The van der Waals surface area contributed by atoms with E-state index in [0.29, 0.717) is 0 Å². The van der Waals surface area contributed by atoms with Gasteiger partial charge in [0.15, 0.2) is 0 Å². The predicted molar refractivity (Wildman–Crippen MR) is 21.2 cm³/mol. The molecule has 62 valence electrons. The molecular weight excluding hydrogens is 364 g/mol. The van der Waals surface area contributed by atoms with Crippen molar-refractivity contribution in [2.45, 2.75) is 5.59 Å². The van der Waals surface area contributed by atoms with E-state index in [4.69, 9.17) is 5.11 Å². The fraction of sp³-hybridized carbons (Fsp3) is 1.00. The molecule has 11 heavy (non-hydrogen) atoms. The van der Waals surface area contributed by atoms with Gasteiger partial charge < -0.3 is 33.8 Å². The van der Waals surface area contributed by atoms with Crippen LogP contribution in [0.4, 0.5) is 0 Å². The van der Waals surface area contributed by atoms with Crippen molar-refractivity contribution in [3.63, 3.8) is 0 Å². The molecule has 0 aromatic heterocycles. The maximum Gasteiger partial charge on any atom is 4.00 e. The Bertz CT molecular complexity index is 178. The molecule has 0 saturated heterocycles. The summed E-state index contributed by atoms with van der Waals surface area (Å²) in [6.07, 6.45) is 0. The Balaban J connectivity index is 0. The number of rotatable bonds is 2. The van der Waals surface area contributed by atoms with Crippen LogP contribution in [0.2, 0.25) is 0 Å². The molecule has 0 radical (unpaired) electrons. The normalized spacial score (nSPS) is 12.9. The Labute approximate surface area is 80.5 Å². The summed E-state index contributed by atoms with van der Waals surface area (Å²) in [4.78, 5) is 38.5. The number of aliphatic hydroxyl groups is 1. The summed E-state index contributed by atoms with van der Waals surface area (Å²) in [5.74, 6) is 0. The smallest absolute Gasteiger partial charge is 0.809 e. The Morgan fingerprint density at radius 2 is 1.18 bits per heavy atom. The third-order valence-corrected chi connectivity index (χ3v) is 3.39. The molecule has 0 saturated carbocycles. The van der Waals surface area contributed by atoms with E-state index in [1.165, 1.54) is 0 Å².